The maximum absolute atomic E-state index is 9.26. The third-order valence-corrected chi connectivity index (χ3v) is 3.93. The van der Waals surface area contributed by atoms with E-state index in [9.17, 15) is 39.6 Å². The van der Waals surface area contributed by atoms with Crippen molar-refractivity contribution >= 4 is 23.9 Å². The van der Waals surface area contributed by atoms with Gasteiger partial charge < -0.3 is 51.1 Å². The van der Waals surface area contributed by atoms with E-state index in [1.807, 2.05) is 0 Å². The Labute approximate surface area is 200 Å². The monoisotopic (exact) mass is 629 g/mol. The molecule has 0 saturated heterocycles. The molecule has 0 aromatic rings. The summed E-state index contributed by atoms with van der Waals surface area (Å²) in [5, 5.41) is 37.0. The van der Waals surface area contributed by atoms with Gasteiger partial charge in [-0.05, 0) is 57.0 Å². The fraction of sp³-hybridized carbons (Fsp3) is 0.800. The van der Waals surface area contributed by atoms with Gasteiger partial charge >= 0.3 is 21.1 Å². The van der Waals surface area contributed by atoms with Gasteiger partial charge in [0.15, 0.2) is 0 Å². The van der Waals surface area contributed by atoms with Crippen LogP contribution in [0.15, 0.2) is 0 Å². The molecule has 0 bridgehead atoms. The van der Waals surface area contributed by atoms with E-state index in [0.29, 0.717) is 5.41 Å². The van der Waals surface area contributed by atoms with Crippen LogP contribution in [0, 0.1) is 5.41 Å². The Morgan fingerprint density at radius 2 is 0.806 bits per heavy atom. The Bertz CT molecular complexity index is 394. The van der Waals surface area contributed by atoms with E-state index in [1.54, 1.807) is 0 Å². The Morgan fingerprint density at radius 3 is 0.903 bits per heavy atom. The van der Waals surface area contributed by atoms with Crippen molar-refractivity contribution in [3.8, 4) is 0 Å². The number of hydrogen-bond donors (Lipinski definition) is 2. The Balaban J connectivity index is -0.0000000946. The first kappa shape index (κ1) is 39.9. The molecular weight excluding hydrogens is 591 g/mol. The van der Waals surface area contributed by atoms with Gasteiger partial charge in [-0.15, -0.1) is 0 Å². The molecule has 4 N–H and O–H groups in total. The number of rotatable bonds is 6. The first-order valence-corrected chi connectivity index (χ1v) is 10.1. The maximum Gasteiger partial charge on any atom is 4.00 e. The third kappa shape index (κ3) is 39.5. The van der Waals surface area contributed by atoms with E-state index in [0.717, 1.165) is 13.1 Å². The van der Waals surface area contributed by atoms with Crippen molar-refractivity contribution in [3.05, 3.63) is 0 Å². The standard InChI is InChI=1S/C8H18N2.4C3H6O2.Pt/c9-6-8(7-10)4-2-1-3-5-8;4*1-2-3(4)5;/h1-7,9-10H2;4*2H2,1H3,(H,4,5);/q;;;;;+4/p-4. The molecule has 0 unspecified atom stereocenters. The number of aliphatic carboxylic acids is 4. The van der Waals surface area contributed by atoms with E-state index in [4.69, 9.17) is 11.5 Å². The van der Waals surface area contributed by atoms with Gasteiger partial charge in [0.25, 0.3) is 0 Å². The summed E-state index contributed by atoms with van der Waals surface area (Å²) in [5.74, 6) is -3.98. The van der Waals surface area contributed by atoms with Crippen LogP contribution < -0.4 is 31.9 Å². The summed E-state index contributed by atoms with van der Waals surface area (Å²) < 4.78 is 0. The average Bonchev–Trinajstić information content (AvgIpc) is 2.75. The zero-order valence-electron chi connectivity index (χ0n) is 19.0. The van der Waals surface area contributed by atoms with Crippen LogP contribution in [0.2, 0.25) is 0 Å². The van der Waals surface area contributed by atoms with Crippen molar-refractivity contribution in [2.45, 2.75) is 85.5 Å². The second kappa shape index (κ2) is 28.5. The average molecular weight is 630 g/mol. The normalized spacial score (nSPS) is 12.7. The van der Waals surface area contributed by atoms with Crippen LogP contribution in [0.5, 0.6) is 0 Å². The van der Waals surface area contributed by atoms with Crippen LogP contribution in [-0.4, -0.2) is 37.0 Å². The van der Waals surface area contributed by atoms with E-state index in [-0.39, 0.29) is 46.7 Å². The zero-order chi connectivity index (χ0) is 24.6. The first-order valence-electron chi connectivity index (χ1n) is 10.1. The minimum Gasteiger partial charge on any atom is -0.550 e. The van der Waals surface area contributed by atoms with Crippen molar-refractivity contribution < 1.29 is 60.7 Å². The summed E-state index contributed by atoms with van der Waals surface area (Å²) in [6.07, 6.45) is 6.98. The SMILES string of the molecule is CCC(=O)[O-].CCC(=O)[O-].CCC(=O)[O-].CCC(=O)[O-].NCC1(CN)CCCCC1.[Pt+4]. The Morgan fingerprint density at radius 1 is 0.613 bits per heavy atom. The van der Waals surface area contributed by atoms with Crippen molar-refractivity contribution in [3.63, 3.8) is 0 Å². The predicted octanol–water partition coefficient (Wildman–Crippen LogP) is -2.56. The molecule has 0 aromatic carbocycles. The molecule has 31 heavy (non-hydrogen) atoms. The van der Waals surface area contributed by atoms with Gasteiger partial charge in [0, 0.05) is 23.9 Å². The van der Waals surface area contributed by atoms with Crippen molar-refractivity contribution in [2.24, 2.45) is 16.9 Å². The quantitative estimate of drug-likeness (QED) is 0.314. The molecule has 1 aliphatic rings. The predicted molar refractivity (Wildman–Crippen MR) is 105 cm³/mol. The molecule has 1 rings (SSSR count). The molecule has 0 heterocycles. The second-order valence-electron chi connectivity index (χ2n) is 6.37. The number of carboxylic acid groups (broad SMARTS) is 4. The molecule has 0 spiro atoms. The maximum atomic E-state index is 9.26. The molecule has 11 heteroatoms. The molecule has 10 nitrogen and oxygen atoms in total. The van der Waals surface area contributed by atoms with E-state index >= 15 is 0 Å². The smallest absolute Gasteiger partial charge is 0.550 e. The van der Waals surface area contributed by atoms with Crippen LogP contribution in [0.4, 0.5) is 0 Å². The number of nitrogens with two attached hydrogens (primary N) is 2. The first-order chi connectivity index (χ1) is 13.9. The molecule has 1 fully saturated rings. The molecule has 0 aromatic heterocycles. The summed E-state index contributed by atoms with van der Waals surface area (Å²) in [6, 6.07) is 0. The second-order valence-corrected chi connectivity index (χ2v) is 6.37. The summed E-state index contributed by atoms with van der Waals surface area (Å²) in [7, 11) is 0. The third-order valence-electron chi connectivity index (χ3n) is 3.93. The van der Waals surface area contributed by atoms with Gasteiger partial charge in [0.2, 0.25) is 0 Å². The van der Waals surface area contributed by atoms with Gasteiger partial charge in [-0.2, -0.15) is 0 Å². The van der Waals surface area contributed by atoms with Gasteiger partial charge in [-0.25, -0.2) is 0 Å². The minimum absolute atomic E-state index is 0. The molecule has 0 atom stereocenters. The van der Waals surface area contributed by atoms with E-state index in [2.05, 4.69) is 0 Å². The number of carbonyl (C=O) groups excluding carboxylic acids is 4. The molecule has 0 aliphatic heterocycles. The molecule has 1 aliphatic carbocycles. The summed E-state index contributed by atoms with van der Waals surface area (Å²) in [4.78, 5) is 37.0. The largest absolute Gasteiger partial charge is 4.00 e. The number of carbonyl (C=O) groups is 4. The van der Waals surface area contributed by atoms with Crippen LogP contribution in [0.3, 0.4) is 0 Å². The summed E-state index contributed by atoms with van der Waals surface area (Å²) in [5.41, 5.74) is 11.7. The number of hydrogen-bond acceptors (Lipinski definition) is 10. The van der Waals surface area contributed by atoms with Gasteiger partial charge in [-0.1, -0.05) is 47.0 Å². The zero-order valence-corrected chi connectivity index (χ0v) is 21.3. The van der Waals surface area contributed by atoms with Gasteiger partial charge in [-0.3, -0.25) is 0 Å². The minimum atomic E-state index is -0.995. The van der Waals surface area contributed by atoms with Crippen molar-refractivity contribution in [2.75, 3.05) is 13.1 Å². The fourth-order valence-corrected chi connectivity index (χ4v) is 1.79. The topological polar surface area (TPSA) is 213 Å². The summed E-state index contributed by atoms with van der Waals surface area (Å²) >= 11 is 0. The van der Waals surface area contributed by atoms with Crippen LogP contribution in [0.1, 0.15) is 85.5 Å². The molecule has 0 radical (unpaired) electrons. The molecule has 0 amide bonds. The van der Waals surface area contributed by atoms with Crippen molar-refractivity contribution in [1.82, 2.24) is 0 Å². The van der Waals surface area contributed by atoms with Gasteiger partial charge in [0.05, 0.1) is 0 Å². The Hall–Kier alpha value is -1.51. The molecular formula is C20H38N2O8Pt. The van der Waals surface area contributed by atoms with Crippen molar-refractivity contribution in [1.29, 1.82) is 0 Å². The number of carboxylic acids is 4. The van der Waals surface area contributed by atoms with Crippen LogP contribution >= 0.6 is 0 Å². The summed E-state index contributed by atoms with van der Waals surface area (Å²) in [6.45, 7) is 7.71. The molecule has 1 saturated carbocycles. The fourth-order valence-electron chi connectivity index (χ4n) is 1.79. The Kier molecular flexibility index (Phi) is 36.7. The molecule has 186 valence electrons. The van der Waals surface area contributed by atoms with E-state index in [1.165, 1.54) is 59.8 Å². The van der Waals surface area contributed by atoms with Crippen LogP contribution in [-0.2, 0) is 40.2 Å². The van der Waals surface area contributed by atoms with Crippen LogP contribution in [0.25, 0.3) is 0 Å². The van der Waals surface area contributed by atoms with Gasteiger partial charge in [0.1, 0.15) is 0 Å². The van der Waals surface area contributed by atoms with E-state index < -0.39 is 23.9 Å².